The molecule has 2 aliphatic carbocycles. The zero-order valence-corrected chi connectivity index (χ0v) is 16.2. The van der Waals surface area contributed by atoms with E-state index in [0.717, 1.165) is 42.8 Å². The van der Waals surface area contributed by atoms with Gasteiger partial charge in [0.1, 0.15) is 0 Å². The molecular formula is C19H30N4OS. The quantitative estimate of drug-likeness (QED) is 0.625. The second-order valence-electron chi connectivity index (χ2n) is 7.67. The lowest BCUT2D eigenvalue weighted by Gasteiger charge is -2.57. The van der Waals surface area contributed by atoms with Crippen LogP contribution in [-0.2, 0) is 11.2 Å². The molecule has 3 aliphatic rings. The van der Waals surface area contributed by atoms with Gasteiger partial charge in [-0.05, 0) is 33.1 Å². The van der Waals surface area contributed by atoms with Crippen molar-refractivity contribution in [2.24, 2.45) is 16.3 Å². The van der Waals surface area contributed by atoms with Gasteiger partial charge < -0.3 is 15.4 Å². The molecule has 6 heteroatoms. The van der Waals surface area contributed by atoms with E-state index in [1.807, 2.05) is 0 Å². The van der Waals surface area contributed by atoms with Crippen LogP contribution in [0.4, 0.5) is 0 Å². The molecule has 0 bridgehead atoms. The number of hydrogen-bond donors (Lipinski definition) is 2. The van der Waals surface area contributed by atoms with Crippen LogP contribution in [-0.4, -0.2) is 42.8 Å². The van der Waals surface area contributed by atoms with Gasteiger partial charge in [0.25, 0.3) is 0 Å². The summed E-state index contributed by atoms with van der Waals surface area (Å²) in [5, 5.41) is 10.5. The standard InChI is InChI=1S/C19H30N4OS/c1-3-20-18(21-10-6-14-12-25-13(2)22-14)23-16-15-7-11-24-17(15)19(16)8-4-5-9-19/h12,15-17H,3-11H2,1-2H3,(H2,20,21,23). The summed E-state index contributed by atoms with van der Waals surface area (Å²) in [6.07, 6.45) is 7.91. The fourth-order valence-electron chi connectivity index (χ4n) is 5.18. The fraction of sp³-hybridized carbons (Fsp3) is 0.789. The molecule has 0 aromatic carbocycles. The molecule has 4 rings (SSSR count). The van der Waals surface area contributed by atoms with Gasteiger partial charge in [-0.3, -0.25) is 4.99 Å². The van der Waals surface area contributed by atoms with Gasteiger partial charge in [-0.15, -0.1) is 11.3 Å². The number of aliphatic imine (C=N–C) groups is 1. The van der Waals surface area contributed by atoms with Gasteiger partial charge in [-0.25, -0.2) is 4.98 Å². The van der Waals surface area contributed by atoms with Gasteiger partial charge in [0, 0.05) is 48.9 Å². The van der Waals surface area contributed by atoms with Crippen molar-refractivity contribution in [3.8, 4) is 0 Å². The molecule has 5 nitrogen and oxygen atoms in total. The predicted octanol–water partition coefficient (Wildman–Crippen LogP) is 2.90. The molecule has 3 atom stereocenters. The van der Waals surface area contributed by atoms with Crippen LogP contribution in [0.2, 0.25) is 0 Å². The van der Waals surface area contributed by atoms with E-state index in [2.05, 4.69) is 34.8 Å². The molecule has 0 amide bonds. The largest absolute Gasteiger partial charge is 0.377 e. The maximum absolute atomic E-state index is 6.10. The first-order valence-corrected chi connectivity index (χ1v) is 10.7. The molecule has 1 spiro atoms. The SMILES string of the molecule is CCNC(=NCCc1csc(C)n1)NC1C2CCOC2C12CCCC2. The van der Waals surface area contributed by atoms with E-state index in [1.165, 1.54) is 32.1 Å². The first-order valence-electron chi connectivity index (χ1n) is 9.80. The monoisotopic (exact) mass is 362 g/mol. The molecule has 3 unspecified atom stereocenters. The maximum Gasteiger partial charge on any atom is 0.191 e. The number of aromatic nitrogens is 1. The van der Waals surface area contributed by atoms with Crippen LogP contribution >= 0.6 is 11.3 Å². The van der Waals surface area contributed by atoms with Crippen molar-refractivity contribution in [1.29, 1.82) is 0 Å². The van der Waals surface area contributed by atoms with Crippen molar-refractivity contribution in [3.05, 3.63) is 16.1 Å². The maximum atomic E-state index is 6.10. The number of nitrogens with zero attached hydrogens (tertiary/aromatic N) is 2. The summed E-state index contributed by atoms with van der Waals surface area (Å²) >= 11 is 1.72. The Morgan fingerprint density at radius 3 is 3.00 bits per heavy atom. The zero-order chi connectivity index (χ0) is 17.3. The number of fused-ring (bicyclic) bond motifs is 2. The third kappa shape index (κ3) is 3.19. The Hall–Kier alpha value is -1.14. The third-order valence-corrected chi connectivity index (χ3v) is 7.05. The van der Waals surface area contributed by atoms with Gasteiger partial charge in [0.2, 0.25) is 0 Å². The summed E-state index contributed by atoms with van der Waals surface area (Å²) in [4.78, 5) is 9.36. The molecule has 2 saturated carbocycles. The number of aryl methyl sites for hydroxylation is 1. The smallest absolute Gasteiger partial charge is 0.191 e. The molecule has 2 N–H and O–H groups in total. The van der Waals surface area contributed by atoms with Crippen molar-refractivity contribution in [1.82, 2.24) is 15.6 Å². The Bertz CT molecular complexity index is 623. The Morgan fingerprint density at radius 2 is 2.28 bits per heavy atom. The average Bonchev–Trinajstić information content (AvgIpc) is 3.32. The van der Waals surface area contributed by atoms with E-state index >= 15 is 0 Å². The number of nitrogens with one attached hydrogen (secondary N) is 2. The lowest BCUT2D eigenvalue weighted by Crippen LogP contribution is -2.69. The lowest BCUT2D eigenvalue weighted by molar-refractivity contribution is -0.125. The molecule has 2 heterocycles. The number of guanidine groups is 1. The molecule has 1 saturated heterocycles. The Labute approximate surface area is 154 Å². The highest BCUT2D eigenvalue weighted by molar-refractivity contribution is 7.09. The van der Waals surface area contributed by atoms with Crippen molar-refractivity contribution in [2.45, 2.75) is 64.5 Å². The average molecular weight is 363 g/mol. The third-order valence-electron chi connectivity index (χ3n) is 6.23. The van der Waals surface area contributed by atoms with Crippen LogP contribution in [0.3, 0.4) is 0 Å². The normalized spacial score (nSPS) is 30.3. The Morgan fingerprint density at radius 1 is 1.44 bits per heavy atom. The van der Waals surface area contributed by atoms with Crippen molar-refractivity contribution in [3.63, 3.8) is 0 Å². The van der Waals surface area contributed by atoms with Crippen molar-refractivity contribution < 1.29 is 4.74 Å². The van der Waals surface area contributed by atoms with E-state index in [1.54, 1.807) is 11.3 Å². The van der Waals surface area contributed by atoms with Crippen LogP contribution in [0, 0.1) is 18.3 Å². The summed E-state index contributed by atoms with van der Waals surface area (Å²) in [5.74, 6) is 1.64. The van der Waals surface area contributed by atoms with Crippen LogP contribution in [0.25, 0.3) is 0 Å². The van der Waals surface area contributed by atoms with Gasteiger partial charge in [-0.1, -0.05) is 12.8 Å². The predicted molar refractivity (Wildman–Crippen MR) is 102 cm³/mol. The summed E-state index contributed by atoms with van der Waals surface area (Å²) in [6.45, 7) is 6.80. The first-order chi connectivity index (χ1) is 12.2. The fourth-order valence-corrected chi connectivity index (χ4v) is 5.82. The van der Waals surface area contributed by atoms with Crippen LogP contribution in [0.15, 0.2) is 10.4 Å². The minimum atomic E-state index is 0.364. The molecule has 138 valence electrons. The summed E-state index contributed by atoms with van der Waals surface area (Å²) in [5.41, 5.74) is 1.52. The highest BCUT2D eigenvalue weighted by Crippen LogP contribution is 2.60. The molecule has 1 aromatic rings. The summed E-state index contributed by atoms with van der Waals surface area (Å²) < 4.78 is 6.10. The molecule has 25 heavy (non-hydrogen) atoms. The Kier molecular flexibility index (Phi) is 5.00. The van der Waals surface area contributed by atoms with E-state index < -0.39 is 0 Å². The topological polar surface area (TPSA) is 58.5 Å². The lowest BCUT2D eigenvalue weighted by atomic mass is 9.54. The summed E-state index contributed by atoms with van der Waals surface area (Å²) in [7, 11) is 0. The second kappa shape index (κ2) is 7.23. The molecule has 3 fully saturated rings. The van der Waals surface area contributed by atoms with Gasteiger partial charge in [-0.2, -0.15) is 0 Å². The second-order valence-corrected chi connectivity index (χ2v) is 8.74. The number of thiazole rings is 1. The molecule has 0 radical (unpaired) electrons. The van der Waals surface area contributed by atoms with Crippen LogP contribution < -0.4 is 10.6 Å². The highest BCUT2D eigenvalue weighted by Gasteiger charge is 2.65. The minimum absolute atomic E-state index is 0.364. The van der Waals surface area contributed by atoms with Gasteiger partial charge in [0.15, 0.2) is 5.96 Å². The van der Waals surface area contributed by atoms with E-state index in [-0.39, 0.29) is 0 Å². The van der Waals surface area contributed by atoms with Gasteiger partial charge in [0.05, 0.1) is 16.8 Å². The first kappa shape index (κ1) is 17.3. The molecule has 1 aliphatic heterocycles. The van der Waals surface area contributed by atoms with Gasteiger partial charge >= 0.3 is 0 Å². The van der Waals surface area contributed by atoms with E-state index in [9.17, 15) is 0 Å². The van der Waals surface area contributed by atoms with E-state index in [4.69, 9.17) is 9.73 Å². The zero-order valence-electron chi connectivity index (χ0n) is 15.4. The number of ether oxygens (including phenoxy) is 1. The van der Waals surface area contributed by atoms with Crippen molar-refractivity contribution in [2.75, 3.05) is 19.7 Å². The molecule has 1 aromatic heterocycles. The number of rotatable bonds is 5. The van der Waals surface area contributed by atoms with Crippen molar-refractivity contribution >= 4 is 17.3 Å². The highest BCUT2D eigenvalue weighted by atomic mass is 32.1. The molecular weight excluding hydrogens is 332 g/mol. The van der Waals surface area contributed by atoms with E-state index in [0.29, 0.717) is 23.5 Å². The van der Waals surface area contributed by atoms with Crippen LogP contribution in [0.1, 0.15) is 49.7 Å². The number of hydrogen-bond acceptors (Lipinski definition) is 4. The summed E-state index contributed by atoms with van der Waals surface area (Å²) in [6, 6.07) is 0.529. The Balaban J connectivity index is 1.41. The minimum Gasteiger partial charge on any atom is -0.377 e. The van der Waals surface area contributed by atoms with Crippen LogP contribution in [0.5, 0.6) is 0 Å².